The van der Waals surface area contributed by atoms with Crippen molar-refractivity contribution in [3.63, 3.8) is 0 Å². The van der Waals surface area contributed by atoms with Crippen LogP contribution in [0.5, 0.6) is 0 Å². The van der Waals surface area contributed by atoms with Crippen LogP contribution >= 0.6 is 15.9 Å². The molecule has 0 aliphatic rings. The molecule has 2 atom stereocenters. The SMILES string of the molecule is CC(c1ccccc1)C(C(=O)O)c1nc(CBr)co1. The van der Waals surface area contributed by atoms with Gasteiger partial charge < -0.3 is 9.52 Å². The van der Waals surface area contributed by atoms with E-state index in [0.29, 0.717) is 11.0 Å². The summed E-state index contributed by atoms with van der Waals surface area (Å²) in [5, 5.41) is 9.97. The second-order valence-electron chi connectivity index (χ2n) is 4.33. The molecule has 1 N–H and O–H groups in total. The molecular formula is C14H14BrNO3. The molecule has 19 heavy (non-hydrogen) atoms. The van der Waals surface area contributed by atoms with Gasteiger partial charge in [-0.1, -0.05) is 53.2 Å². The highest BCUT2D eigenvalue weighted by atomic mass is 79.9. The molecule has 0 radical (unpaired) electrons. The molecule has 0 spiro atoms. The Hall–Kier alpha value is -1.62. The van der Waals surface area contributed by atoms with Gasteiger partial charge in [-0.2, -0.15) is 0 Å². The Morgan fingerprint density at radius 1 is 1.42 bits per heavy atom. The van der Waals surface area contributed by atoms with Gasteiger partial charge in [-0.15, -0.1) is 0 Å². The number of rotatable bonds is 5. The molecule has 0 aliphatic carbocycles. The van der Waals surface area contributed by atoms with Crippen LogP contribution in [0, 0.1) is 0 Å². The average molecular weight is 324 g/mol. The van der Waals surface area contributed by atoms with Gasteiger partial charge in [0, 0.05) is 11.2 Å². The van der Waals surface area contributed by atoms with E-state index in [9.17, 15) is 9.90 Å². The fourth-order valence-electron chi connectivity index (χ4n) is 2.01. The highest BCUT2D eigenvalue weighted by molar-refractivity contribution is 9.08. The van der Waals surface area contributed by atoms with Gasteiger partial charge in [0.2, 0.25) is 5.89 Å². The van der Waals surface area contributed by atoms with Crippen molar-refractivity contribution in [3.8, 4) is 0 Å². The number of carbonyl (C=O) groups is 1. The van der Waals surface area contributed by atoms with Crippen LogP contribution in [0.3, 0.4) is 0 Å². The van der Waals surface area contributed by atoms with Gasteiger partial charge in [0.25, 0.3) is 0 Å². The van der Waals surface area contributed by atoms with E-state index in [1.54, 1.807) is 0 Å². The first-order chi connectivity index (χ1) is 9.13. The third kappa shape index (κ3) is 3.04. The van der Waals surface area contributed by atoms with Gasteiger partial charge in [0.05, 0.1) is 5.69 Å². The van der Waals surface area contributed by atoms with Gasteiger partial charge in [0.15, 0.2) is 0 Å². The number of oxazole rings is 1. The first-order valence-corrected chi connectivity index (χ1v) is 7.03. The lowest BCUT2D eigenvalue weighted by Crippen LogP contribution is -2.18. The minimum atomic E-state index is -0.931. The number of benzene rings is 1. The molecule has 2 unspecified atom stereocenters. The van der Waals surface area contributed by atoms with Crippen LogP contribution in [0.1, 0.15) is 35.9 Å². The summed E-state index contributed by atoms with van der Waals surface area (Å²) in [5.74, 6) is -1.67. The normalized spacial score (nSPS) is 14.0. The first-order valence-electron chi connectivity index (χ1n) is 5.91. The van der Waals surface area contributed by atoms with Crippen molar-refractivity contribution >= 4 is 21.9 Å². The summed E-state index contributed by atoms with van der Waals surface area (Å²) in [6.07, 6.45) is 1.48. The smallest absolute Gasteiger partial charge is 0.316 e. The zero-order chi connectivity index (χ0) is 13.8. The summed E-state index contributed by atoms with van der Waals surface area (Å²) in [6, 6.07) is 9.51. The molecule has 0 aliphatic heterocycles. The summed E-state index contributed by atoms with van der Waals surface area (Å²) in [7, 11) is 0. The van der Waals surface area contributed by atoms with Crippen LogP contribution in [0.4, 0.5) is 0 Å². The Bertz CT molecular complexity index is 553. The summed E-state index contributed by atoms with van der Waals surface area (Å²) in [4.78, 5) is 15.7. The molecule has 2 rings (SSSR count). The number of carboxylic acids is 1. The predicted molar refractivity (Wildman–Crippen MR) is 74.4 cm³/mol. The standard InChI is InChI=1S/C14H14BrNO3/c1-9(10-5-3-2-4-6-10)12(14(17)18)13-16-11(7-15)8-19-13/h2-6,8-9,12H,7H2,1H3,(H,17,18). The predicted octanol–water partition coefficient (Wildman–Crippen LogP) is 3.54. The van der Waals surface area contributed by atoms with Crippen molar-refractivity contribution in [2.75, 3.05) is 0 Å². The van der Waals surface area contributed by atoms with Crippen LogP contribution in [-0.2, 0) is 10.1 Å². The molecule has 1 aromatic heterocycles. The van der Waals surface area contributed by atoms with Crippen LogP contribution < -0.4 is 0 Å². The molecule has 4 nitrogen and oxygen atoms in total. The molecule has 0 fully saturated rings. The van der Waals surface area contributed by atoms with Crippen molar-refractivity contribution in [1.29, 1.82) is 0 Å². The van der Waals surface area contributed by atoms with Crippen molar-refractivity contribution in [2.45, 2.75) is 24.1 Å². The van der Waals surface area contributed by atoms with Gasteiger partial charge in [0.1, 0.15) is 12.2 Å². The number of hydrogen-bond acceptors (Lipinski definition) is 3. The Kier molecular flexibility index (Phi) is 4.37. The molecule has 0 amide bonds. The summed E-state index contributed by atoms with van der Waals surface area (Å²) in [6.45, 7) is 1.87. The number of alkyl halides is 1. The van der Waals surface area contributed by atoms with Gasteiger partial charge in [-0.25, -0.2) is 4.98 Å². The quantitative estimate of drug-likeness (QED) is 0.855. The molecule has 0 saturated carbocycles. The lowest BCUT2D eigenvalue weighted by molar-refractivity contribution is -0.139. The van der Waals surface area contributed by atoms with Crippen LogP contribution in [-0.4, -0.2) is 16.1 Å². The van der Waals surface area contributed by atoms with E-state index < -0.39 is 11.9 Å². The maximum Gasteiger partial charge on any atom is 0.316 e. The number of hydrogen-bond donors (Lipinski definition) is 1. The Balaban J connectivity index is 2.33. The minimum Gasteiger partial charge on any atom is -0.481 e. The van der Waals surface area contributed by atoms with Crippen molar-refractivity contribution in [1.82, 2.24) is 4.98 Å². The second-order valence-corrected chi connectivity index (χ2v) is 4.89. The van der Waals surface area contributed by atoms with Crippen LogP contribution in [0.15, 0.2) is 41.0 Å². The second kappa shape index (κ2) is 6.02. The van der Waals surface area contributed by atoms with E-state index >= 15 is 0 Å². The zero-order valence-corrected chi connectivity index (χ0v) is 12.0. The first kappa shape index (κ1) is 13.8. The number of aliphatic carboxylic acids is 1. The van der Waals surface area contributed by atoms with E-state index in [1.807, 2.05) is 37.3 Å². The van der Waals surface area contributed by atoms with Gasteiger partial charge >= 0.3 is 5.97 Å². The van der Waals surface area contributed by atoms with Gasteiger partial charge in [-0.05, 0) is 5.56 Å². The number of carboxylic acid groups (broad SMARTS) is 1. The Morgan fingerprint density at radius 3 is 2.63 bits per heavy atom. The topological polar surface area (TPSA) is 63.3 Å². The van der Waals surface area contributed by atoms with Gasteiger partial charge in [-0.3, -0.25) is 4.79 Å². The Morgan fingerprint density at radius 2 is 2.11 bits per heavy atom. The molecular weight excluding hydrogens is 310 g/mol. The number of aromatic nitrogens is 1. The van der Waals surface area contributed by atoms with Crippen molar-refractivity contribution in [3.05, 3.63) is 53.7 Å². The highest BCUT2D eigenvalue weighted by Crippen LogP contribution is 2.32. The average Bonchev–Trinajstić information content (AvgIpc) is 2.88. The largest absolute Gasteiger partial charge is 0.481 e. The Labute approximate surface area is 119 Å². The summed E-state index contributed by atoms with van der Waals surface area (Å²) < 4.78 is 5.30. The molecule has 1 heterocycles. The molecule has 1 aromatic carbocycles. The fourth-order valence-corrected chi connectivity index (χ4v) is 2.27. The van der Waals surface area contributed by atoms with E-state index in [2.05, 4.69) is 20.9 Å². The summed E-state index contributed by atoms with van der Waals surface area (Å²) in [5.41, 5.74) is 1.65. The third-order valence-corrected chi connectivity index (χ3v) is 3.64. The highest BCUT2D eigenvalue weighted by Gasteiger charge is 2.32. The molecule has 100 valence electrons. The molecule has 5 heteroatoms. The zero-order valence-electron chi connectivity index (χ0n) is 10.4. The van der Waals surface area contributed by atoms with Crippen molar-refractivity contribution in [2.24, 2.45) is 0 Å². The minimum absolute atomic E-state index is 0.208. The monoisotopic (exact) mass is 323 g/mol. The van der Waals surface area contributed by atoms with Crippen molar-refractivity contribution < 1.29 is 14.3 Å². The molecule has 2 aromatic rings. The van der Waals surface area contributed by atoms with Crippen LogP contribution in [0.2, 0.25) is 0 Å². The lowest BCUT2D eigenvalue weighted by atomic mass is 9.87. The number of nitrogens with zero attached hydrogens (tertiary/aromatic N) is 1. The van der Waals surface area contributed by atoms with E-state index in [4.69, 9.17) is 4.42 Å². The molecule has 0 saturated heterocycles. The third-order valence-electron chi connectivity index (χ3n) is 3.06. The number of halogens is 1. The van der Waals surface area contributed by atoms with E-state index in [-0.39, 0.29) is 11.8 Å². The van der Waals surface area contributed by atoms with Crippen LogP contribution in [0.25, 0.3) is 0 Å². The molecule has 0 bridgehead atoms. The van der Waals surface area contributed by atoms with E-state index in [0.717, 1.165) is 5.56 Å². The maximum atomic E-state index is 11.5. The lowest BCUT2D eigenvalue weighted by Gasteiger charge is -2.17. The van der Waals surface area contributed by atoms with E-state index in [1.165, 1.54) is 6.26 Å². The fraction of sp³-hybridized carbons (Fsp3) is 0.286. The summed E-state index contributed by atoms with van der Waals surface area (Å²) >= 11 is 3.27. The maximum absolute atomic E-state index is 11.5.